The highest BCUT2D eigenvalue weighted by molar-refractivity contribution is 6.18. The molecule has 0 aliphatic rings. The van der Waals surface area contributed by atoms with Crippen LogP contribution in [0.1, 0.15) is 133 Å². The molecule has 572 valence electrons. The fourth-order valence-electron chi connectivity index (χ4n) is 7.69. The minimum absolute atomic E-state index is 0.00769. The van der Waals surface area contributed by atoms with Crippen LogP contribution in [0.3, 0.4) is 0 Å². The number of hydrogen-bond donors (Lipinski definition) is 2. The number of alkyl halides is 24. The third kappa shape index (κ3) is 26.6. The molecule has 6 aromatic heterocycles. The summed E-state index contributed by atoms with van der Waals surface area (Å²) in [7, 11) is 2.28. The first-order valence-electron chi connectivity index (χ1n) is 28.3. The van der Waals surface area contributed by atoms with Gasteiger partial charge in [0.15, 0.2) is 5.69 Å². The molecule has 0 bridgehead atoms. The molecule has 8 rings (SSSR count). The zero-order valence-corrected chi connectivity index (χ0v) is 55.7. The number of aromatic carboxylic acids is 2. The molecule has 42 heteroatoms. The molecule has 0 aliphatic carbocycles. The number of halogens is 24. The molecule has 6 heterocycles. The molecule has 0 saturated heterocycles. The van der Waals surface area contributed by atoms with Crippen LogP contribution in [0.4, 0.5) is 92.2 Å². The summed E-state index contributed by atoms with van der Waals surface area (Å²) in [5, 5.41) is 17.0. The quantitative estimate of drug-likeness (QED) is 0.0470. The lowest BCUT2D eigenvalue weighted by atomic mass is 10.1. The Bertz CT molecular complexity index is 4340. The summed E-state index contributed by atoms with van der Waals surface area (Å²) in [6.07, 6.45) is -33.2. The number of esters is 4. The number of methoxy groups -OCH3 is 2. The second-order valence-electron chi connectivity index (χ2n) is 19.5. The van der Waals surface area contributed by atoms with E-state index in [1.54, 1.807) is 74.5 Å². The number of rotatable bonds is 13. The first-order chi connectivity index (χ1) is 49.0. The number of carboxylic acids is 2. The molecule has 2 N–H and O–H groups in total. The van der Waals surface area contributed by atoms with Gasteiger partial charge in [0.2, 0.25) is 0 Å². The predicted octanol–water partition coefficient (Wildman–Crippen LogP) is 18.5. The number of pyridine rings is 6. The van der Waals surface area contributed by atoms with E-state index in [9.17, 15) is 121 Å². The Kier molecular flexibility index (Phi) is 32.6. The lowest BCUT2D eigenvalue weighted by Gasteiger charge is -2.12. The molecule has 2 aromatic carbocycles. The topological polar surface area (TPSA) is 257 Å². The third-order valence-corrected chi connectivity index (χ3v) is 13.1. The van der Waals surface area contributed by atoms with Gasteiger partial charge < -0.3 is 29.2 Å². The summed E-state index contributed by atoms with van der Waals surface area (Å²) < 4.78 is 279. The highest BCUT2D eigenvalue weighted by Crippen LogP contribution is 2.38. The van der Waals surface area contributed by atoms with E-state index >= 15 is 0 Å². The van der Waals surface area contributed by atoms with Crippen LogP contribution in [-0.2, 0) is 79.8 Å². The smallest absolute Gasteiger partial charge is 0.434 e. The van der Waals surface area contributed by atoms with E-state index in [1.165, 1.54) is 0 Å². The van der Waals surface area contributed by atoms with Crippen molar-refractivity contribution < 1.29 is 150 Å². The molecule has 8 aromatic rings. The predicted molar refractivity (Wildman–Crippen MR) is 328 cm³/mol. The largest absolute Gasteiger partial charge is 0.478 e. The van der Waals surface area contributed by atoms with Gasteiger partial charge in [-0.3, -0.25) is 0 Å². The van der Waals surface area contributed by atoms with Gasteiger partial charge in [0.25, 0.3) is 0 Å². The minimum Gasteiger partial charge on any atom is -0.478 e. The second-order valence-corrected chi connectivity index (χ2v) is 20.3. The van der Waals surface area contributed by atoms with Crippen molar-refractivity contribution in [3.8, 4) is 22.5 Å². The Morgan fingerprint density at radius 1 is 0.321 bits per heavy atom. The summed E-state index contributed by atoms with van der Waals surface area (Å²) in [5.41, 5.74) is -10.9. The number of aromatic nitrogens is 6. The molecular weight excluding hydrogens is 1550 g/mol. The van der Waals surface area contributed by atoms with Gasteiger partial charge in [-0.2, -0.15) is 92.2 Å². The number of nitrogens with zero attached hydrogens (tertiary/aromatic N) is 6. The third-order valence-electron chi connectivity index (χ3n) is 12.4. The molecule has 0 aliphatic heterocycles. The summed E-state index contributed by atoms with van der Waals surface area (Å²) in [6, 6.07) is 25.4. The van der Waals surface area contributed by atoms with Crippen molar-refractivity contribution >= 4 is 70.6 Å². The number of ether oxygens (including phenoxy) is 4. The SMILES string of the molecule is CCOC(=O)c1ccc(C(F)(F)F)nc1-c1ccccc1.CCOC(=O)c1ccc(C(F)(F)F)nc1CCl.COC(=O)c1ccc(C(F)(F)F)nc1-c1ccccc1.COC(=O)c1ccc(C(F)(F)F)nc1CCl.O=C(O)c1ccc(C(F)(F)F)nc1C(F)(F)F.O=C(O)c1ccc(C(F)(F)F)nc1CCl. The molecule has 0 saturated carbocycles. The number of carbonyl (C=O) groups excluding carboxylic acids is 4. The van der Waals surface area contributed by atoms with Crippen LogP contribution in [0.2, 0.25) is 0 Å². The van der Waals surface area contributed by atoms with Gasteiger partial charge in [-0.05, 0) is 86.6 Å². The van der Waals surface area contributed by atoms with Gasteiger partial charge in [0.1, 0.15) is 34.2 Å². The van der Waals surface area contributed by atoms with Gasteiger partial charge in [0, 0.05) is 11.1 Å². The fourth-order valence-corrected chi connectivity index (χ4v) is 8.30. The van der Waals surface area contributed by atoms with E-state index in [-0.39, 0.29) is 99.3 Å². The average Bonchev–Trinajstić information content (AvgIpc) is 0.808. The standard InChI is InChI=1S/C15H12F3NO2.C14H10F3NO2.C10H9ClF3NO2.C9H7ClF3NO2.C8H5ClF3NO2.C8H3F6NO2/c1-2-21-14(20)11-8-9-12(15(16,17)18)19-13(11)10-6-4-3-5-7-10;1-20-13(19)10-7-8-11(14(15,16)17)18-12(10)9-5-3-2-4-6-9;1-2-17-9(16)6-3-4-8(10(12,13)14)15-7(6)5-11;1-16-8(15)5-2-3-7(9(11,12)13)14-6(5)4-10;9-3-5-4(7(14)15)1-2-6(13-5)8(10,11)12;9-7(10,11)4-2-1-3(6(16)17)5(15-4)8(12,13)14/h3-9H,2H2,1H3;2-8H,1H3;3-4H,2,5H2,1H3;2-3H,4H2,1H3;1-2H,3H2,(H,14,15);1-2H,(H,16,17). The van der Waals surface area contributed by atoms with Gasteiger partial charge in [-0.1, -0.05) is 60.7 Å². The lowest BCUT2D eigenvalue weighted by molar-refractivity contribution is -0.150. The van der Waals surface area contributed by atoms with Crippen LogP contribution in [-0.4, -0.2) is 103 Å². The van der Waals surface area contributed by atoms with Crippen LogP contribution < -0.4 is 0 Å². The molecule has 106 heavy (non-hydrogen) atoms. The van der Waals surface area contributed by atoms with E-state index in [4.69, 9.17) is 49.8 Å². The monoisotopic (exact) mass is 1590 g/mol. The maximum atomic E-state index is 12.8. The van der Waals surface area contributed by atoms with Crippen molar-refractivity contribution in [2.75, 3.05) is 27.4 Å². The van der Waals surface area contributed by atoms with Crippen molar-refractivity contribution in [2.45, 2.75) is 74.7 Å². The molecule has 0 fully saturated rings. The van der Waals surface area contributed by atoms with Crippen LogP contribution >= 0.6 is 34.8 Å². The number of benzene rings is 2. The van der Waals surface area contributed by atoms with E-state index in [2.05, 4.69) is 44.1 Å². The van der Waals surface area contributed by atoms with Crippen LogP contribution in [0, 0.1) is 0 Å². The zero-order chi connectivity index (χ0) is 80.7. The molecule has 18 nitrogen and oxygen atoms in total. The second kappa shape index (κ2) is 38.5. The number of carbonyl (C=O) groups is 6. The van der Waals surface area contributed by atoms with Crippen molar-refractivity contribution in [1.29, 1.82) is 0 Å². The van der Waals surface area contributed by atoms with Crippen molar-refractivity contribution in [2.24, 2.45) is 0 Å². The summed E-state index contributed by atoms with van der Waals surface area (Å²) in [5.74, 6) is -7.26. The first kappa shape index (κ1) is 89.8. The number of hydrogen-bond acceptors (Lipinski definition) is 16. The van der Waals surface area contributed by atoms with Crippen LogP contribution in [0.25, 0.3) is 22.5 Å². The minimum atomic E-state index is -5.27. The molecule has 0 amide bonds. The Balaban J connectivity index is 0.000000331. The van der Waals surface area contributed by atoms with Crippen LogP contribution in [0.5, 0.6) is 0 Å². The van der Waals surface area contributed by atoms with E-state index < -0.39 is 124 Å². The van der Waals surface area contributed by atoms with Gasteiger partial charge in [0.05, 0.1) is 107 Å². The van der Waals surface area contributed by atoms with E-state index in [0.29, 0.717) is 23.3 Å². The summed E-state index contributed by atoms with van der Waals surface area (Å²) in [4.78, 5) is 86.2. The van der Waals surface area contributed by atoms with Crippen LogP contribution in [0.15, 0.2) is 133 Å². The Morgan fingerprint density at radius 2 is 0.566 bits per heavy atom. The van der Waals surface area contributed by atoms with E-state index in [0.717, 1.165) is 62.8 Å². The molecule has 0 atom stereocenters. The summed E-state index contributed by atoms with van der Waals surface area (Å²) >= 11 is 16.2. The summed E-state index contributed by atoms with van der Waals surface area (Å²) in [6.45, 7) is 3.48. The molecule has 0 unspecified atom stereocenters. The van der Waals surface area contributed by atoms with Gasteiger partial charge >= 0.3 is 79.0 Å². The van der Waals surface area contributed by atoms with Gasteiger partial charge in [-0.15, -0.1) is 34.8 Å². The van der Waals surface area contributed by atoms with Crippen molar-refractivity contribution in [3.05, 3.63) is 224 Å². The highest BCUT2D eigenvalue weighted by Gasteiger charge is 2.42. The highest BCUT2D eigenvalue weighted by atomic mass is 35.5. The fraction of sp³-hybridized carbons (Fsp3) is 0.250. The Hall–Kier alpha value is -10.4. The number of carboxylic acid groups (broad SMARTS) is 2. The van der Waals surface area contributed by atoms with Crippen molar-refractivity contribution in [3.63, 3.8) is 0 Å². The zero-order valence-electron chi connectivity index (χ0n) is 53.5. The average molecular weight is 1600 g/mol. The van der Waals surface area contributed by atoms with Crippen molar-refractivity contribution in [1.82, 2.24) is 29.9 Å². The van der Waals surface area contributed by atoms with E-state index in [1.807, 2.05) is 0 Å². The Labute approximate surface area is 597 Å². The molecular formula is C64H46Cl3F21N6O12. The molecule has 0 radical (unpaired) electrons. The maximum absolute atomic E-state index is 12.8. The first-order valence-corrected chi connectivity index (χ1v) is 29.9. The lowest BCUT2D eigenvalue weighted by Crippen LogP contribution is -2.19. The molecule has 0 spiro atoms. The maximum Gasteiger partial charge on any atom is 0.434 e. The van der Waals surface area contributed by atoms with Gasteiger partial charge in [-0.25, -0.2) is 58.7 Å². The normalized spacial score (nSPS) is 11.5. The Morgan fingerprint density at radius 3 is 0.849 bits per heavy atom.